The Morgan fingerprint density at radius 1 is 1.33 bits per heavy atom. The highest BCUT2D eigenvalue weighted by Gasteiger charge is 2.03. The summed E-state index contributed by atoms with van der Waals surface area (Å²) in [5.41, 5.74) is 2.17. The van der Waals surface area contributed by atoms with Gasteiger partial charge in [0.2, 0.25) is 5.91 Å². The van der Waals surface area contributed by atoms with Crippen molar-refractivity contribution in [1.82, 2.24) is 5.32 Å². The summed E-state index contributed by atoms with van der Waals surface area (Å²) in [4.78, 5) is 11.5. The molecule has 1 rings (SSSR count). The number of ether oxygens (including phenoxy) is 1. The molecule has 0 aromatic heterocycles. The maximum Gasteiger partial charge on any atom is 0.239 e. The number of anilines is 1. The first-order valence-electron chi connectivity index (χ1n) is 6.35. The van der Waals surface area contributed by atoms with E-state index in [-0.39, 0.29) is 5.91 Å². The van der Waals surface area contributed by atoms with Crippen LogP contribution in [0.25, 0.3) is 0 Å². The van der Waals surface area contributed by atoms with Crippen LogP contribution >= 0.6 is 0 Å². The Hall–Kier alpha value is -1.55. The fourth-order valence-electron chi connectivity index (χ4n) is 1.63. The van der Waals surface area contributed by atoms with Gasteiger partial charge < -0.3 is 15.4 Å². The molecule has 0 saturated carbocycles. The first kappa shape index (κ1) is 14.5. The lowest BCUT2D eigenvalue weighted by Crippen LogP contribution is -2.30. The van der Waals surface area contributed by atoms with Crippen molar-refractivity contribution >= 4 is 11.6 Å². The Kier molecular flexibility index (Phi) is 6.87. The van der Waals surface area contributed by atoms with Gasteiger partial charge in [-0.2, -0.15) is 0 Å². The van der Waals surface area contributed by atoms with Gasteiger partial charge in [-0.25, -0.2) is 0 Å². The molecular formula is C14H22N2O2. The van der Waals surface area contributed by atoms with Crippen molar-refractivity contribution in [3.63, 3.8) is 0 Å². The van der Waals surface area contributed by atoms with Crippen LogP contribution in [0.2, 0.25) is 0 Å². The molecular weight excluding hydrogens is 228 g/mol. The van der Waals surface area contributed by atoms with Crippen molar-refractivity contribution in [1.29, 1.82) is 0 Å². The Morgan fingerprint density at radius 2 is 2.11 bits per heavy atom. The van der Waals surface area contributed by atoms with Crippen LogP contribution in [0, 0.1) is 0 Å². The van der Waals surface area contributed by atoms with E-state index in [4.69, 9.17) is 4.74 Å². The number of carbonyl (C=O) groups is 1. The van der Waals surface area contributed by atoms with Crippen molar-refractivity contribution in [3.05, 3.63) is 29.8 Å². The summed E-state index contributed by atoms with van der Waals surface area (Å²) in [5.74, 6) is 0.0263. The van der Waals surface area contributed by atoms with Gasteiger partial charge in [-0.1, -0.05) is 25.1 Å². The third-order valence-electron chi connectivity index (χ3n) is 2.60. The average Bonchev–Trinajstić information content (AvgIpc) is 2.41. The third kappa shape index (κ3) is 5.19. The molecule has 0 heterocycles. The van der Waals surface area contributed by atoms with Crippen LogP contribution < -0.4 is 10.6 Å². The van der Waals surface area contributed by atoms with E-state index in [1.165, 1.54) is 5.56 Å². The minimum absolute atomic E-state index is 0.0263. The third-order valence-corrected chi connectivity index (χ3v) is 2.60. The molecule has 0 unspecified atom stereocenters. The van der Waals surface area contributed by atoms with Gasteiger partial charge in [-0.15, -0.1) is 0 Å². The lowest BCUT2D eigenvalue weighted by atomic mass is 10.1. The van der Waals surface area contributed by atoms with Gasteiger partial charge in [0, 0.05) is 19.3 Å². The zero-order chi connectivity index (χ0) is 13.2. The van der Waals surface area contributed by atoms with E-state index in [1.54, 1.807) is 7.11 Å². The van der Waals surface area contributed by atoms with Crippen LogP contribution in [0.5, 0.6) is 0 Å². The summed E-state index contributed by atoms with van der Waals surface area (Å²) in [6, 6.07) is 7.99. The molecule has 0 saturated heterocycles. The molecule has 0 aliphatic rings. The van der Waals surface area contributed by atoms with Gasteiger partial charge in [0.15, 0.2) is 0 Å². The first-order chi connectivity index (χ1) is 8.77. The maximum atomic E-state index is 11.5. The number of methoxy groups -OCH3 is 1. The number of carbonyl (C=O) groups excluding carboxylic acids is 1. The van der Waals surface area contributed by atoms with Gasteiger partial charge >= 0.3 is 0 Å². The number of hydrogen-bond donors (Lipinski definition) is 2. The molecule has 4 nitrogen and oxygen atoms in total. The number of nitrogens with one attached hydrogen (secondary N) is 2. The van der Waals surface area contributed by atoms with Gasteiger partial charge in [0.05, 0.1) is 13.2 Å². The van der Waals surface area contributed by atoms with E-state index in [9.17, 15) is 4.79 Å². The normalized spacial score (nSPS) is 10.1. The number of amides is 1. The topological polar surface area (TPSA) is 50.4 Å². The van der Waals surface area contributed by atoms with Crippen molar-refractivity contribution < 1.29 is 9.53 Å². The smallest absolute Gasteiger partial charge is 0.239 e. The molecule has 0 radical (unpaired) electrons. The van der Waals surface area contributed by atoms with Gasteiger partial charge in [-0.05, 0) is 24.5 Å². The van der Waals surface area contributed by atoms with Gasteiger partial charge in [0.25, 0.3) is 0 Å². The summed E-state index contributed by atoms with van der Waals surface area (Å²) in [6.07, 6.45) is 1.80. The standard InChI is InChI=1S/C14H22N2O2/c1-3-9-15-14(17)11-16-13-7-5-4-6-12(13)8-10-18-2/h4-7,16H,3,8-11H2,1-2H3,(H,15,17). The van der Waals surface area contributed by atoms with E-state index in [0.717, 1.165) is 25.1 Å². The Morgan fingerprint density at radius 3 is 2.83 bits per heavy atom. The van der Waals surface area contributed by atoms with Crippen LogP contribution in [0.3, 0.4) is 0 Å². The summed E-state index contributed by atoms with van der Waals surface area (Å²) in [7, 11) is 1.69. The molecule has 2 N–H and O–H groups in total. The molecule has 1 amide bonds. The Bertz CT molecular complexity index is 367. The van der Waals surface area contributed by atoms with Crippen molar-refractivity contribution in [2.75, 3.05) is 32.1 Å². The molecule has 0 atom stereocenters. The Balaban J connectivity index is 2.47. The Labute approximate surface area is 109 Å². The van der Waals surface area contributed by atoms with Crippen LogP contribution in [0.1, 0.15) is 18.9 Å². The van der Waals surface area contributed by atoms with Gasteiger partial charge in [0.1, 0.15) is 0 Å². The highest BCUT2D eigenvalue weighted by Crippen LogP contribution is 2.15. The quantitative estimate of drug-likeness (QED) is 0.740. The SMILES string of the molecule is CCCNC(=O)CNc1ccccc1CCOC. The zero-order valence-corrected chi connectivity index (χ0v) is 11.2. The average molecular weight is 250 g/mol. The number of para-hydroxylation sites is 1. The van der Waals surface area contributed by atoms with E-state index in [0.29, 0.717) is 13.2 Å². The second kappa shape index (κ2) is 8.53. The second-order valence-electron chi connectivity index (χ2n) is 4.10. The molecule has 0 fully saturated rings. The molecule has 0 bridgehead atoms. The van der Waals surface area contributed by atoms with Crippen molar-refractivity contribution in [2.24, 2.45) is 0 Å². The van der Waals surface area contributed by atoms with Crippen LogP contribution in [-0.4, -0.2) is 32.7 Å². The zero-order valence-electron chi connectivity index (χ0n) is 11.2. The van der Waals surface area contributed by atoms with Crippen LogP contribution in [0.4, 0.5) is 5.69 Å². The first-order valence-corrected chi connectivity index (χ1v) is 6.35. The summed E-state index contributed by atoms with van der Waals surface area (Å²) in [6.45, 7) is 3.75. The number of benzene rings is 1. The lowest BCUT2D eigenvalue weighted by molar-refractivity contribution is -0.119. The lowest BCUT2D eigenvalue weighted by Gasteiger charge is -2.11. The highest BCUT2D eigenvalue weighted by atomic mass is 16.5. The largest absolute Gasteiger partial charge is 0.384 e. The highest BCUT2D eigenvalue weighted by molar-refractivity contribution is 5.80. The molecule has 0 aliphatic heterocycles. The molecule has 100 valence electrons. The van der Waals surface area contributed by atoms with Gasteiger partial charge in [-0.3, -0.25) is 4.79 Å². The molecule has 0 spiro atoms. The van der Waals surface area contributed by atoms with E-state index in [2.05, 4.69) is 10.6 Å². The minimum Gasteiger partial charge on any atom is -0.384 e. The van der Waals surface area contributed by atoms with E-state index < -0.39 is 0 Å². The number of hydrogen-bond acceptors (Lipinski definition) is 3. The second-order valence-corrected chi connectivity index (χ2v) is 4.10. The molecule has 18 heavy (non-hydrogen) atoms. The molecule has 1 aromatic rings. The van der Waals surface area contributed by atoms with Crippen molar-refractivity contribution in [2.45, 2.75) is 19.8 Å². The molecule has 1 aromatic carbocycles. The minimum atomic E-state index is 0.0263. The monoisotopic (exact) mass is 250 g/mol. The van der Waals surface area contributed by atoms with Crippen molar-refractivity contribution in [3.8, 4) is 0 Å². The fourth-order valence-corrected chi connectivity index (χ4v) is 1.63. The summed E-state index contributed by atoms with van der Waals surface area (Å²) >= 11 is 0. The predicted octanol–water partition coefficient (Wildman–Crippen LogP) is 1.81. The maximum absolute atomic E-state index is 11.5. The molecule has 0 aliphatic carbocycles. The number of rotatable bonds is 8. The molecule has 4 heteroatoms. The fraction of sp³-hybridized carbons (Fsp3) is 0.500. The van der Waals surface area contributed by atoms with E-state index in [1.807, 2.05) is 31.2 Å². The van der Waals surface area contributed by atoms with Crippen LogP contribution in [0.15, 0.2) is 24.3 Å². The summed E-state index contributed by atoms with van der Waals surface area (Å²) in [5, 5.41) is 6.00. The summed E-state index contributed by atoms with van der Waals surface area (Å²) < 4.78 is 5.07. The predicted molar refractivity (Wildman–Crippen MR) is 73.8 cm³/mol. The van der Waals surface area contributed by atoms with E-state index >= 15 is 0 Å². The van der Waals surface area contributed by atoms with Crippen LogP contribution in [-0.2, 0) is 16.0 Å².